The summed E-state index contributed by atoms with van der Waals surface area (Å²) >= 11 is 6.08. The second-order valence-corrected chi connectivity index (χ2v) is 9.05. The summed E-state index contributed by atoms with van der Waals surface area (Å²) in [6, 6.07) is 16.7. The maximum atomic E-state index is 13.5. The highest BCUT2D eigenvalue weighted by Gasteiger charge is 2.47. The minimum Gasteiger partial charge on any atom is -0.337 e. The third-order valence-electron chi connectivity index (χ3n) is 6.51. The molecule has 2 unspecified atom stereocenters. The highest BCUT2D eigenvalue weighted by Crippen LogP contribution is 2.35. The molecule has 0 bridgehead atoms. The number of urea groups is 1. The lowest BCUT2D eigenvalue weighted by atomic mass is 9.81. The van der Waals surface area contributed by atoms with E-state index in [9.17, 15) is 9.59 Å². The van der Waals surface area contributed by atoms with Crippen LogP contribution >= 0.6 is 11.6 Å². The maximum Gasteiger partial charge on any atom is 0.327 e. The van der Waals surface area contributed by atoms with Crippen LogP contribution in [0.3, 0.4) is 0 Å². The first-order valence-electron chi connectivity index (χ1n) is 11.3. The minimum absolute atomic E-state index is 0.0537. The summed E-state index contributed by atoms with van der Waals surface area (Å²) in [6.45, 7) is 0.543. The van der Waals surface area contributed by atoms with Crippen molar-refractivity contribution in [1.82, 2.24) is 19.9 Å². The number of halogens is 1. The van der Waals surface area contributed by atoms with Gasteiger partial charge >= 0.3 is 6.03 Å². The fraction of sp³-hybridized carbons (Fsp3) is 0.360. The first kappa shape index (κ1) is 21.6. The van der Waals surface area contributed by atoms with Gasteiger partial charge in [-0.3, -0.25) is 9.69 Å². The molecule has 2 fully saturated rings. The zero-order valence-corrected chi connectivity index (χ0v) is 18.9. The van der Waals surface area contributed by atoms with Crippen molar-refractivity contribution in [2.75, 3.05) is 6.54 Å². The molecule has 0 radical (unpaired) electrons. The van der Waals surface area contributed by atoms with Crippen LogP contribution in [-0.2, 0) is 17.8 Å². The Morgan fingerprint density at radius 2 is 1.85 bits per heavy atom. The molecule has 2 atom stereocenters. The maximum absolute atomic E-state index is 13.5. The van der Waals surface area contributed by atoms with Gasteiger partial charge in [0.15, 0.2) is 0 Å². The average molecular weight is 465 g/mol. The third-order valence-corrected chi connectivity index (χ3v) is 6.75. The number of hydrogen-bond acceptors (Lipinski definition) is 5. The summed E-state index contributed by atoms with van der Waals surface area (Å²) in [6.07, 6.45) is 4.24. The van der Waals surface area contributed by atoms with Crippen molar-refractivity contribution < 1.29 is 14.1 Å². The van der Waals surface area contributed by atoms with Gasteiger partial charge in [-0.25, -0.2) is 4.79 Å². The number of benzene rings is 2. The van der Waals surface area contributed by atoms with Crippen LogP contribution in [0.1, 0.15) is 37.1 Å². The molecule has 33 heavy (non-hydrogen) atoms. The molecule has 2 aromatic carbocycles. The molecule has 1 saturated heterocycles. The van der Waals surface area contributed by atoms with Crippen molar-refractivity contribution in [2.24, 2.45) is 5.92 Å². The van der Waals surface area contributed by atoms with E-state index in [4.69, 9.17) is 16.1 Å². The summed E-state index contributed by atoms with van der Waals surface area (Å²) in [5.74, 6) is 0.541. The van der Waals surface area contributed by atoms with Crippen LogP contribution in [0.5, 0.6) is 0 Å². The molecule has 7 nitrogen and oxygen atoms in total. The number of carbonyl (C=O) groups excluding carboxylic acids is 2. The number of rotatable bonds is 6. The number of aromatic nitrogens is 2. The first-order valence-corrected chi connectivity index (χ1v) is 11.7. The molecule has 1 saturated carbocycles. The van der Waals surface area contributed by atoms with Crippen molar-refractivity contribution in [2.45, 2.75) is 44.7 Å². The average Bonchev–Trinajstić information content (AvgIpc) is 3.31. The van der Waals surface area contributed by atoms with Gasteiger partial charge < -0.3 is 9.42 Å². The van der Waals surface area contributed by atoms with E-state index in [-0.39, 0.29) is 30.4 Å². The van der Waals surface area contributed by atoms with Gasteiger partial charge in [0.1, 0.15) is 6.54 Å². The van der Waals surface area contributed by atoms with Crippen LogP contribution in [0.25, 0.3) is 11.4 Å². The normalized spacial score (nSPS) is 20.8. The van der Waals surface area contributed by atoms with Crippen LogP contribution in [0.15, 0.2) is 59.1 Å². The van der Waals surface area contributed by atoms with Crippen molar-refractivity contribution in [3.63, 3.8) is 0 Å². The molecule has 1 aromatic heterocycles. The topological polar surface area (TPSA) is 79.5 Å². The Labute approximate surface area is 197 Å². The highest BCUT2D eigenvalue weighted by molar-refractivity contribution is 6.30. The monoisotopic (exact) mass is 464 g/mol. The molecule has 3 amide bonds. The minimum atomic E-state index is -0.276. The van der Waals surface area contributed by atoms with Gasteiger partial charge in [0.05, 0.1) is 5.92 Å². The molecule has 0 N–H and O–H groups in total. The Morgan fingerprint density at radius 3 is 2.67 bits per heavy atom. The third kappa shape index (κ3) is 4.50. The van der Waals surface area contributed by atoms with Gasteiger partial charge in [-0.05, 0) is 37.0 Å². The van der Waals surface area contributed by atoms with E-state index >= 15 is 0 Å². The van der Waals surface area contributed by atoms with Crippen LogP contribution in [0, 0.1) is 5.92 Å². The number of nitrogens with zero attached hydrogens (tertiary/aromatic N) is 4. The van der Waals surface area contributed by atoms with Crippen LogP contribution in [-0.4, -0.2) is 44.5 Å². The van der Waals surface area contributed by atoms with E-state index in [0.29, 0.717) is 29.7 Å². The van der Waals surface area contributed by atoms with E-state index in [1.54, 1.807) is 17.0 Å². The smallest absolute Gasteiger partial charge is 0.327 e. The summed E-state index contributed by atoms with van der Waals surface area (Å²) < 4.78 is 5.48. The summed E-state index contributed by atoms with van der Waals surface area (Å²) in [5, 5.41) is 4.65. The van der Waals surface area contributed by atoms with Gasteiger partial charge in [-0.1, -0.05) is 72.1 Å². The second-order valence-electron chi connectivity index (χ2n) is 8.62. The van der Waals surface area contributed by atoms with Crippen LogP contribution in [0.2, 0.25) is 5.02 Å². The Bertz CT molecular complexity index is 1150. The van der Waals surface area contributed by atoms with Crippen LogP contribution in [0.4, 0.5) is 4.79 Å². The lowest BCUT2D eigenvalue weighted by Crippen LogP contribution is -2.62. The lowest BCUT2D eigenvalue weighted by molar-refractivity contribution is -0.140. The predicted molar refractivity (Wildman–Crippen MR) is 123 cm³/mol. The molecule has 2 heterocycles. The lowest BCUT2D eigenvalue weighted by Gasteiger charge is -2.46. The number of carbonyl (C=O) groups is 2. The van der Waals surface area contributed by atoms with Gasteiger partial charge in [0.2, 0.25) is 17.6 Å². The second kappa shape index (κ2) is 9.35. The fourth-order valence-electron chi connectivity index (χ4n) is 4.85. The van der Waals surface area contributed by atoms with Gasteiger partial charge in [-0.2, -0.15) is 4.98 Å². The summed E-state index contributed by atoms with van der Waals surface area (Å²) in [7, 11) is 0. The van der Waals surface area contributed by atoms with Gasteiger partial charge in [-0.15, -0.1) is 0 Å². The van der Waals surface area contributed by atoms with Crippen molar-refractivity contribution in [3.05, 3.63) is 71.1 Å². The highest BCUT2D eigenvalue weighted by atomic mass is 35.5. The van der Waals surface area contributed by atoms with Crippen molar-refractivity contribution in [1.29, 1.82) is 0 Å². The molecule has 2 aliphatic rings. The molecular weight excluding hydrogens is 440 g/mol. The number of hydrogen-bond donors (Lipinski definition) is 0. The fourth-order valence-corrected chi connectivity index (χ4v) is 5.04. The molecule has 3 aromatic rings. The van der Waals surface area contributed by atoms with E-state index < -0.39 is 0 Å². The molecule has 1 aliphatic heterocycles. The SMILES string of the molecule is O=C1C2CCCCC2N(Cc2nc(-c3cccc(Cl)c3)no2)C(=O)N1CCc1ccccc1. The van der Waals surface area contributed by atoms with E-state index in [2.05, 4.69) is 10.1 Å². The predicted octanol–water partition coefficient (Wildman–Crippen LogP) is 4.96. The van der Waals surface area contributed by atoms with E-state index in [1.165, 1.54) is 4.90 Å². The molecule has 8 heteroatoms. The van der Waals surface area contributed by atoms with Gasteiger partial charge in [0, 0.05) is 23.2 Å². The Kier molecular flexibility index (Phi) is 6.13. The van der Waals surface area contributed by atoms with E-state index in [0.717, 1.165) is 36.8 Å². The summed E-state index contributed by atoms with van der Waals surface area (Å²) in [4.78, 5) is 34.3. The van der Waals surface area contributed by atoms with Crippen molar-refractivity contribution >= 4 is 23.5 Å². The van der Waals surface area contributed by atoms with Crippen molar-refractivity contribution in [3.8, 4) is 11.4 Å². The largest absolute Gasteiger partial charge is 0.337 e. The molecule has 5 rings (SSSR count). The Morgan fingerprint density at radius 1 is 1.03 bits per heavy atom. The van der Waals surface area contributed by atoms with E-state index in [1.807, 2.05) is 42.5 Å². The quantitative estimate of drug-likeness (QED) is 0.515. The number of amides is 3. The standard InChI is InChI=1S/C25H25ClN4O3/c26-19-10-6-9-18(15-19)23-27-22(33-28-23)16-30-21-12-5-4-11-20(21)24(31)29(25(30)32)14-13-17-7-2-1-3-8-17/h1-3,6-10,15,20-21H,4-5,11-14,16H2. The molecular formula is C25H25ClN4O3. The summed E-state index contributed by atoms with van der Waals surface area (Å²) in [5.41, 5.74) is 1.84. The zero-order chi connectivity index (χ0) is 22.8. The zero-order valence-electron chi connectivity index (χ0n) is 18.2. The van der Waals surface area contributed by atoms with Crippen LogP contribution < -0.4 is 0 Å². The first-order chi connectivity index (χ1) is 16.1. The molecule has 0 spiro atoms. The number of fused-ring (bicyclic) bond motifs is 1. The Balaban J connectivity index is 1.37. The van der Waals surface area contributed by atoms with Gasteiger partial charge in [0.25, 0.3) is 0 Å². The Hall–Kier alpha value is -3.19. The number of imide groups is 1. The molecule has 1 aliphatic carbocycles. The molecule has 170 valence electrons.